The van der Waals surface area contributed by atoms with Gasteiger partial charge in [0, 0.05) is 25.0 Å². The smallest absolute Gasteiger partial charge is 0.162 e. The van der Waals surface area contributed by atoms with Crippen molar-refractivity contribution in [2.75, 3.05) is 13.1 Å². The molecule has 3 heterocycles. The van der Waals surface area contributed by atoms with E-state index in [1.165, 1.54) is 11.3 Å². The summed E-state index contributed by atoms with van der Waals surface area (Å²) >= 11 is 1.54. The third kappa shape index (κ3) is 2.32. The van der Waals surface area contributed by atoms with E-state index in [9.17, 15) is 10.2 Å². The molecule has 0 amide bonds. The molecule has 0 radical (unpaired) electrons. The van der Waals surface area contributed by atoms with Gasteiger partial charge in [0.05, 0.1) is 24.2 Å². The summed E-state index contributed by atoms with van der Waals surface area (Å²) in [6, 6.07) is 3.72. The number of nitrogens with zero attached hydrogens (tertiary/aromatic N) is 2. The quantitative estimate of drug-likeness (QED) is 0.865. The van der Waals surface area contributed by atoms with Crippen molar-refractivity contribution in [3.63, 3.8) is 0 Å². The van der Waals surface area contributed by atoms with Gasteiger partial charge in [-0.15, -0.1) is 11.3 Å². The van der Waals surface area contributed by atoms with Crippen molar-refractivity contribution in [3.05, 3.63) is 29.5 Å². The molecule has 6 heteroatoms. The second-order valence-corrected chi connectivity index (χ2v) is 5.31. The van der Waals surface area contributed by atoms with Crippen molar-refractivity contribution >= 4 is 11.3 Å². The molecule has 2 aromatic rings. The zero-order valence-electron chi connectivity index (χ0n) is 9.69. The van der Waals surface area contributed by atoms with Crippen LogP contribution in [0.5, 0.6) is 0 Å². The molecule has 0 aliphatic carbocycles. The van der Waals surface area contributed by atoms with E-state index in [-0.39, 0.29) is 0 Å². The molecule has 0 spiro atoms. The molecular weight excluding hydrogens is 252 g/mol. The Hall–Kier alpha value is -1.21. The van der Waals surface area contributed by atoms with E-state index in [2.05, 4.69) is 4.98 Å². The lowest BCUT2D eigenvalue weighted by atomic mass is 10.3. The van der Waals surface area contributed by atoms with Crippen LogP contribution in [0.1, 0.15) is 5.69 Å². The average molecular weight is 266 g/mol. The van der Waals surface area contributed by atoms with Crippen LogP contribution in [-0.4, -0.2) is 45.4 Å². The van der Waals surface area contributed by atoms with Gasteiger partial charge in [0.2, 0.25) is 0 Å². The van der Waals surface area contributed by atoms with Crippen LogP contribution in [0.4, 0.5) is 0 Å². The minimum Gasteiger partial charge on any atom is -0.462 e. The number of hydrogen-bond acceptors (Lipinski definition) is 6. The predicted octanol–water partition coefficient (Wildman–Crippen LogP) is 0.940. The summed E-state index contributed by atoms with van der Waals surface area (Å²) in [6.45, 7) is 1.63. The van der Waals surface area contributed by atoms with E-state index < -0.39 is 12.2 Å². The summed E-state index contributed by atoms with van der Waals surface area (Å²) in [5.41, 5.74) is 0.938. The zero-order valence-corrected chi connectivity index (χ0v) is 10.5. The highest BCUT2D eigenvalue weighted by Gasteiger charge is 2.29. The lowest BCUT2D eigenvalue weighted by molar-refractivity contribution is 0.0572. The lowest BCUT2D eigenvalue weighted by Gasteiger charge is -2.12. The summed E-state index contributed by atoms with van der Waals surface area (Å²) in [4.78, 5) is 6.48. The highest BCUT2D eigenvalue weighted by molar-refractivity contribution is 7.13. The standard InChI is InChI=1S/C12H14N2O3S/c15-9-5-14(6-10(9)16)4-8-7-18-12(13-8)11-2-1-3-17-11/h1-3,7,9-10,15-16H,4-6H2. The van der Waals surface area contributed by atoms with Crippen molar-refractivity contribution in [2.45, 2.75) is 18.8 Å². The van der Waals surface area contributed by atoms with Crippen LogP contribution in [0.25, 0.3) is 10.8 Å². The van der Waals surface area contributed by atoms with Crippen LogP contribution in [0.2, 0.25) is 0 Å². The Balaban J connectivity index is 1.68. The Morgan fingerprint density at radius 3 is 2.83 bits per heavy atom. The maximum Gasteiger partial charge on any atom is 0.162 e. The summed E-state index contributed by atoms with van der Waals surface area (Å²) in [5.74, 6) is 0.771. The van der Waals surface area contributed by atoms with E-state index >= 15 is 0 Å². The van der Waals surface area contributed by atoms with Crippen molar-refractivity contribution in [3.8, 4) is 10.8 Å². The molecule has 1 fully saturated rings. The van der Waals surface area contributed by atoms with E-state index in [0.29, 0.717) is 19.6 Å². The first-order valence-electron chi connectivity index (χ1n) is 5.79. The highest BCUT2D eigenvalue weighted by Crippen LogP contribution is 2.25. The van der Waals surface area contributed by atoms with Crippen LogP contribution >= 0.6 is 11.3 Å². The molecular formula is C12H14N2O3S. The fraction of sp³-hybridized carbons (Fsp3) is 0.417. The van der Waals surface area contributed by atoms with Crippen LogP contribution < -0.4 is 0 Å². The van der Waals surface area contributed by atoms with Gasteiger partial charge < -0.3 is 14.6 Å². The number of β-amino-alcohol motifs (C(OH)–C–C–N with tert-alkyl or cyclic N) is 2. The zero-order chi connectivity index (χ0) is 12.5. The summed E-state index contributed by atoms with van der Waals surface area (Å²) < 4.78 is 5.29. The number of aliphatic hydroxyl groups is 2. The Bertz CT molecular complexity index is 501. The van der Waals surface area contributed by atoms with Crippen LogP contribution in [-0.2, 0) is 6.54 Å². The SMILES string of the molecule is OC1CN(Cc2csc(-c3ccco3)n2)CC1O. The van der Waals surface area contributed by atoms with E-state index in [4.69, 9.17) is 4.42 Å². The van der Waals surface area contributed by atoms with Crippen molar-refractivity contribution in [1.29, 1.82) is 0 Å². The first-order chi connectivity index (χ1) is 8.72. The van der Waals surface area contributed by atoms with E-state index in [1.807, 2.05) is 22.4 Å². The topological polar surface area (TPSA) is 69.7 Å². The molecule has 1 saturated heterocycles. The largest absolute Gasteiger partial charge is 0.462 e. The molecule has 96 valence electrons. The van der Waals surface area contributed by atoms with Gasteiger partial charge in [-0.3, -0.25) is 4.90 Å². The minimum absolute atomic E-state index is 0.495. The number of hydrogen-bond donors (Lipinski definition) is 2. The summed E-state index contributed by atoms with van der Waals surface area (Å²) in [7, 11) is 0. The van der Waals surface area contributed by atoms with E-state index in [0.717, 1.165) is 16.5 Å². The first-order valence-corrected chi connectivity index (χ1v) is 6.67. The predicted molar refractivity (Wildman–Crippen MR) is 67.1 cm³/mol. The molecule has 0 bridgehead atoms. The molecule has 2 aromatic heterocycles. The molecule has 3 rings (SSSR count). The van der Waals surface area contributed by atoms with Crippen LogP contribution in [0.15, 0.2) is 28.2 Å². The van der Waals surface area contributed by atoms with Gasteiger partial charge >= 0.3 is 0 Å². The molecule has 2 N–H and O–H groups in total. The number of likely N-dealkylation sites (tertiary alicyclic amines) is 1. The Labute approximate surface area is 108 Å². The lowest BCUT2D eigenvalue weighted by Crippen LogP contribution is -2.22. The normalized spacial score (nSPS) is 24.8. The summed E-state index contributed by atoms with van der Waals surface area (Å²) in [5, 5.41) is 21.8. The fourth-order valence-electron chi connectivity index (χ4n) is 2.10. The first kappa shape index (κ1) is 11.9. The Kier molecular flexibility index (Phi) is 3.17. The fourth-order valence-corrected chi connectivity index (χ4v) is 2.88. The maximum absolute atomic E-state index is 9.48. The molecule has 0 saturated carbocycles. The molecule has 2 unspecified atom stereocenters. The second kappa shape index (κ2) is 4.81. The Morgan fingerprint density at radius 2 is 2.17 bits per heavy atom. The third-order valence-electron chi connectivity index (χ3n) is 3.00. The van der Waals surface area contributed by atoms with Crippen molar-refractivity contribution < 1.29 is 14.6 Å². The molecule has 2 atom stereocenters. The van der Waals surface area contributed by atoms with Gasteiger partial charge in [-0.25, -0.2) is 4.98 Å². The van der Waals surface area contributed by atoms with Gasteiger partial charge in [-0.1, -0.05) is 0 Å². The third-order valence-corrected chi connectivity index (χ3v) is 3.91. The van der Waals surface area contributed by atoms with Gasteiger partial charge in [0.1, 0.15) is 0 Å². The van der Waals surface area contributed by atoms with Gasteiger partial charge in [0.25, 0.3) is 0 Å². The number of thiazole rings is 1. The molecule has 0 aromatic carbocycles. The maximum atomic E-state index is 9.48. The van der Waals surface area contributed by atoms with E-state index in [1.54, 1.807) is 6.26 Å². The van der Waals surface area contributed by atoms with Crippen LogP contribution in [0.3, 0.4) is 0 Å². The summed E-state index contributed by atoms with van der Waals surface area (Å²) in [6.07, 6.45) is 0.338. The van der Waals surface area contributed by atoms with Gasteiger partial charge in [0.15, 0.2) is 10.8 Å². The Morgan fingerprint density at radius 1 is 1.39 bits per heavy atom. The van der Waals surface area contributed by atoms with Crippen molar-refractivity contribution in [1.82, 2.24) is 9.88 Å². The second-order valence-electron chi connectivity index (χ2n) is 4.45. The number of aromatic nitrogens is 1. The minimum atomic E-state index is -0.645. The monoisotopic (exact) mass is 266 g/mol. The molecule has 1 aliphatic heterocycles. The average Bonchev–Trinajstić information content (AvgIpc) is 3.02. The molecule has 18 heavy (non-hydrogen) atoms. The van der Waals surface area contributed by atoms with Gasteiger partial charge in [-0.05, 0) is 12.1 Å². The number of aliphatic hydroxyl groups excluding tert-OH is 2. The highest BCUT2D eigenvalue weighted by atomic mass is 32.1. The van der Waals surface area contributed by atoms with Crippen molar-refractivity contribution in [2.24, 2.45) is 0 Å². The van der Waals surface area contributed by atoms with Crippen LogP contribution in [0, 0.1) is 0 Å². The number of furan rings is 1. The molecule has 5 nitrogen and oxygen atoms in total. The van der Waals surface area contributed by atoms with Gasteiger partial charge in [-0.2, -0.15) is 0 Å². The number of rotatable bonds is 3. The molecule has 1 aliphatic rings.